The van der Waals surface area contributed by atoms with Crippen molar-refractivity contribution in [2.45, 2.75) is 33.6 Å². The summed E-state index contributed by atoms with van der Waals surface area (Å²) in [6, 6.07) is 0. The fourth-order valence-corrected chi connectivity index (χ4v) is 2.72. The van der Waals surface area contributed by atoms with Gasteiger partial charge in [-0.2, -0.15) is 0 Å². The van der Waals surface area contributed by atoms with Crippen LogP contribution in [-0.4, -0.2) is 11.6 Å². The van der Waals surface area contributed by atoms with Gasteiger partial charge in [0.1, 0.15) is 0 Å². The summed E-state index contributed by atoms with van der Waals surface area (Å²) in [5.74, 6) is 0.150. The van der Waals surface area contributed by atoms with E-state index in [9.17, 15) is 9.59 Å². The smallest absolute Gasteiger partial charge is 0.163 e. The number of carbonyl (C=O) groups excluding carboxylic acids is 2. The van der Waals surface area contributed by atoms with Crippen LogP contribution in [0.4, 0.5) is 0 Å². The molecule has 0 saturated carbocycles. The normalized spacial score (nSPS) is 35.8. The summed E-state index contributed by atoms with van der Waals surface area (Å²) in [5.41, 5.74) is 1.37. The van der Waals surface area contributed by atoms with Gasteiger partial charge < -0.3 is 0 Å². The predicted octanol–water partition coefficient (Wildman–Crippen LogP) is 2.45. The van der Waals surface area contributed by atoms with E-state index in [0.717, 1.165) is 12.8 Å². The summed E-state index contributed by atoms with van der Waals surface area (Å²) < 4.78 is 0. The molecule has 2 atom stereocenters. The van der Waals surface area contributed by atoms with Gasteiger partial charge in [0.05, 0.1) is 0 Å². The highest BCUT2D eigenvalue weighted by molar-refractivity contribution is 6.12. The van der Waals surface area contributed by atoms with Gasteiger partial charge in [-0.05, 0) is 38.3 Å². The first kappa shape index (κ1) is 10.3. The van der Waals surface area contributed by atoms with Crippen LogP contribution in [0.2, 0.25) is 0 Å². The van der Waals surface area contributed by atoms with Crippen LogP contribution in [0.1, 0.15) is 33.6 Å². The molecule has 0 fully saturated rings. The van der Waals surface area contributed by atoms with Crippen molar-refractivity contribution in [3.8, 4) is 0 Å². The Morgan fingerprint density at radius 2 is 2.00 bits per heavy atom. The number of hydrogen-bond donors (Lipinski definition) is 0. The first-order valence-corrected chi connectivity index (χ1v) is 5.38. The molecule has 2 nitrogen and oxygen atoms in total. The predicted molar refractivity (Wildman–Crippen MR) is 58.4 cm³/mol. The molecule has 0 aliphatic heterocycles. The maximum absolute atomic E-state index is 12.0. The average molecular weight is 204 g/mol. The van der Waals surface area contributed by atoms with Gasteiger partial charge in [0.15, 0.2) is 11.6 Å². The molecule has 0 aromatic rings. The van der Waals surface area contributed by atoms with E-state index in [2.05, 4.69) is 6.08 Å². The molecule has 2 rings (SSSR count). The van der Waals surface area contributed by atoms with Crippen LogP contribution in [0.3, 0.4) is 0 Å². The van der Waals surface area contributed by atoms with Gasteiger partial charge in [0, 0.05) is 11.3 Å². The molecule has 2 heteroatoms. The lowest BCUT2D eigenvalue weighted by molar-refractivity contribution is -0.136. The van der Waals surface area contributed by atoms with E-state index in [0.29, 0.717) is 5.57 Å². The van der Waals surface area contributed by atoms with Crippen LogP contribution in [-0.2, 0) is 9.59 Å². The van der Waals surface area contributed by atoms with E-state index in [-0.39, 0.29) is 17.5 Å². The minimum absolute atomic E-state index is 0.122. The fourth-order valence-electron chi connectivity index (χ4n) is 2.72. The van der Waals surface area contributed by atoms with Crippen molar-refractivity contribution in [3.05, 3.63) is 23.3 Å². The SMILES string of the molecule is CC1=CC[C@H]2C(=O)C(C)=CC(=O)[C@@]2(C)C1. The molecule has 0 unspecified atom stereocenters. The zero-order valence-corrected chi connectivity index (χ0v) is 9.46. The summed E-state index contributed by atoms with van der Waals surface area (Å²) in [5, 5.41) is 0. The third-order valence-electron chi connectivity index (χ3n) is 3.73. The highest BCUT2D eigenvalue weighted by Gasteiger charge is 2.47. The Hall–Kier alpha value is -1.18. The quantitative estimate of drug-likeness (QED) is 0.568. The number of ketones is 2. The van der Waals surface area contributed by atoms with Gasteiger partial charge >= 0.3 is 0 Å². The van der Waals surface area contributed by atoms with Gasteiger partial charge in [-0.25, -0.2) is 0 Å². The van der Waals surface area contributed by atoms with Crippen LogP contribution in [0.15, 0.2) is 23.3 Å². The lowest BCUT2D eigenvalue weighted by atomic mass is 9.60. The molecule has 2 aliphatic rings. The van der Waals surface area contributed by atoms with Crippen LogP contribution in [0.5, 0.6) is 0 Å². The maximum atomic E-state index is 12.0. The molecule has 0 saturated heterocycles. The average Bonchev–Trinajstić information content (AvgIpc) is 2.14. The van der Waals surface area contributed by atoms with Crippen molar-refractivity contribution in [1.29, 1.82) is 0 Å². The first-order valence-electron chi connectivity index (χ1n) is 5.38. The topological polar surface area (TPSA) is 34.1 Å². The van der Waals surface area contributed by atoms with Gasteiger partial charge in [-0.15, -0.1) is 0 Å². The third-order valence-corrected chi connectivity index (χ3v) is 3.73. The van der Waals surface area contributed by atoms with Crippen LogP contribution < -0.4 is 0 Å². The van der Waals surface area contributed by atoms with E-state index in [1.807, 2.05) is 13.8 Å². The second-order valence-electron chi connectivity index (χ2n) is 4.99. The van der Waals surface area contributed by atoms with Crippen LogP contribution in [0, 0.1) is 11.3 Å². The largest absolute Gasteiger partial charge is 0.294 e. The van der Waals surface area contributed by atoms with E-state index < -0.39 is 5.41 Å². The summed E-state index contributed by atoms with van der Waals surface area (Å²) >= 11 is 0. The first-order chi connectivity index (χ1) is 6.95. The molecule has 2 aliphatic carbocycles. The second kappa shape index (κ2) is 3.16. The van der Waals surface area contributed by atoms with Crippen LogP contribution in [0.25, 0.3) is 0 Å². The van der Waals surface area contributed by atoms with E-state index in [4.69, 9.17) is 0 Å². The summed E-state index contributed by atoms with van der Waals surface area (Å²) in [7, 11) is 0. The molecule has 0 aromatic carbocycles. The second-order valence-corrected chi connectivity index (χ2v) is 4.99. The summed E-state index contributed by atoms with van der Waals surface area (Å²) in [6.07, 6.45) is 5.07. The van der Waals surface area contributed by atoms with Crippen LogP contribution >= 0.6 is 0 Å². The van der Waals surface area contributed by atoms with Crippen molar-refractivity contribution in [2.75, 3.05) is 0 Å². The molecular formula is C13H16O2. The maximum Gasteiger partial charge on any atom is 0.163 e. The Bertz CT molecular complexity index is 401. The Kier molecular flexibility index (Phi) is 2.18. The molecule has 0 aromatic heterocycles. The molecule has 0 bridgehead atoms. The molecule has 0 radical (unpaired) electrons. The number of carbonyl (C=O) groups is 2. The van der Waals surface area contributed by atoms with Crippen molar-refractivity contribution in [2.24, 2.45) is 11.3 Å². The standard InChI is InChI=1S/C13H16O2/c1-8-4-5-10-12(15)9(2)6-11(14)13(10,3)7-8/h4,6,10H,5,7H2,1-3H3/t10-,13-/m0/s1. The van der Waals surface area contributed by atoms with Gasteiger partial charge in [0.2, 0.25) is 0 Å². The minimum atomic E-state index is -0.477. The zero-order valence-electron chi connectivity index (χ0n) is 9.46. The monoisotopic (exact) mass is 204 g/mol. The molecular weight excluding hydrogens is 188 g/mol. The van der Waals surface area contributed by atoms with Gasteiger partial charge in [-0.3, -0.25) is 9.59 Å². The molecule has 15 heavy (non-hydrogen) atoms. The highest BCUT2D eigenvalue weighted by atomic mass is 16.1. The summed E-state index contributed by atoms with van der Waals surface area (Å²) in [6.45, 7) is 5.70. The third kappa shape index (κ3) is 1.39. The number of hydrogen-bond acceptors (Lipinski definition) is 2. The fraction of sp³-hybridized carbons (Fsp3) is 0.538. The number of allylic oxidation sites excluding steroid dienone is 4. The lowest BCUT2D eigenvalue weighted by Gasteiger charge is -2.40. The summed E-state index contributed by atoms with van der Waals surface area (Å²) in [4.78, 5) is 24.0. The Morgan fingerprint density at radius 1 is 1.33 bits per heavy atom. The van der Waals surface area contributed by atoms with Crippen molar-refractivity contribution in [3.63, 3.8) is 0 Å². The Balaban J connectivity index is 2.48. The van der Waals surface area contributed by atoms with Crippen molar-refractivity contribution in [1.82, 2.24) is 0 Å². The van der Waals surface area contributed by atoms with E-state index >= 15 is 0 Å². The molecule has 0 spiro atoms. The Labute approximate surface area is 90.1 Å². The molecule has 0 N–H and O–H groups in total. The number of fused-ring (bicyclic) bond motifs is 1. The van der Waals surface area contributed by atoms with Gasteiger partial charge in [0.25, 0.3) is 0 Å². The molecule has 0 amide bonds. The van der Waals surface area contributed by atoms with E-state index in [1.54, 1.807) is 6.92 Å². The highest BCUT2D eigenvalue weighted by Crippen LogP contribution is 2.45. The van der Waals surface area contributed by atoms with Crippen molar-refractivity contribution >= 4 is 11.6 Å². The number of Topliss-reactive ketones (excluding diaryl/α,β-unsaturated/α-hetero) is 1. The molecule has 80 valence electrons. The lowest BCUT2D eigenvalue weighted by Crippen LogP contribution is -2.44. The minimum Gasteiger partial charge on any atom is -0.294 e. The molecule has 0 heterocycles. The number of rotatable bonds is 0. The zero-order chi connectivity index (χ0) is 11.2. The Morgan fingerprint density at radius 3 is 2.67 bits per heavy atom. The van der Waals surface area contributed by atoms with Crippen molar-refractivity contribution < 1.29 is 9.59 Å². The van der Waals surface area contributed by atoms with Gasteiger partial charge in [-0.1, -0.05) is 18.6 Å². The van der Waals surface area contributed by atoms with E-state index in [1.165, 1.54) is 11.6 Å².